The molecule has 0 fully saturated rings. The molecule has 0 bridgehead atoms. The molecule has 2 nitrogen and oxygen atoms in total. The first kappa shape index (κ1) is 15.0. The van der Waals surface area contributed by atoms with E-state index in [0.717, 1.165) is 22.5 Å². The van der Waals surface area contributed by atoms with Gasteiger partial charge in [-0.05, 0) is 53.0 Å². The fourth-order valence-electron chi connectivity index (χ4n) is 1.96. The third-order valence-electron chi connectivity index (χ3n) is 2.96. The Labute approximate surface area is 117 Å². The lowest BCUT2D eigenvalue weighted by Gasteiger charge is -2.24. The van der Waals surface area contributed by atoms with Crippen LogP contribution in [0.1, 0.15) is 24.9 Å². The van der Waals surface area contributed by atoms with Gasteiger partial charge in [0.25, 0.3) is 0 Å². The molecule has 0 aliphatic heterocycles. The van der Waals surface area contributed by atoms with Gasteiger partial charge in [0, 0.05) is 24.2 Å². The van der Waals surface area contributed by atoms with Crippen molar-refractivity contribution in [3.05, 3.63) is 33.3 Å². The van der Waals surface area contributed by atoms with Crippen molar-refractivity contribution in [3.8, 4) is 0 Å². The molecule has 1 N–H and O–H groups in total. The highest BCUT2D eigenvalue weighted by Crippen LogP contribution is 2.30. The standard InChI is InChI=1S/C13H19BrClNO/c1-9(6-7-17-3)13(16-2)10-4-5-12(15)11(14)8-10/h4-5,8-9,13,16H,6-7H2,1-3H3. The van der Waals surface area contributed by atoms with E-state index in [1.807, 2.05) is 13.1 Å². The van der Waals surface area contributed by atoms with Crippen molar-refractivity contribution in [2.75, 3.05) is 20.8 Å². The quantitative estimate of drug-likeness (QED) is 0.854. The lowest BCUT2D eigenvalue weighted by Crippen LogP contribution is -2.24. The summed E-state index contributed by atoms with van der Waals surface area (Å²) in [5.41, 5.74) is 1.24. The topological polar surface area (TPSA) is 21.3 Å². The second-order valence-corrected chi connectivity index (χ2v) is 5.46. The van der Waals surface area contributed by atoms with E-state index in [-0.39, 0.29) is 0 Å². The maximum atomic E-state index is 6.00. The van der Waals surface area contributed by atoms with E-state index < -0.39 is 0 Å². The van der Waals surface area contributed by atoms with Gasteiger partial charge >= 0.3 is 0 Å². The van der Waals surface area contributed by atoms with E-state index in [0.29, 0.717) is 12.0 Å². The monoisotopic (exact) mass is 319 g/mol. The number of nitrogens with one attached hydrogen (secondary N) is 1. The van der Waals surface area contributed by atoms with Crippen LogP contribution in [0.3, 0.4) is 0 Å². The molecular formula is C13H19BrClNO. The Morgan fingerprint density at radius 3 is 2.71 bits per heavy atom. The third kappa shape index (κ3) is 4.25. The smallest absolute Gasteiger partial charge is 0.0548 e. The zero-order chi connectivity index (χ0) is 12.8. The molecule has 0 heterocycles. The number of hydrogen-bond acceptors (Lipinski definition) is 2. The molecule has 1 aromatic carbocycles. The molecule has 0 saturated heterocycles. The van der Waals surface area contributed by atoms with Crippen molar-refractivity contribution >= 4 is 27.5 Å². The van der Waals surface area contributed by atoms with E-state index in [4.69, 9.17) is 16.3 Å². The minimum absolute atomic E-state index is 0.318. The van der Waals surface area contributed by atoms with Crippen molar-refractivity contribution < 1.29 is 4.74 Å². The van der Waals surface area contributed by atoms with Gasteiger partial charge < -0.3 is 10.1 Å². The second-order valence-electron chi connectivity index (χ2n) is 4.20. The Balaban J connectivity index is 2.81. The first-order valence-corrected chi connectivity index (χ1v) is 6.88. The molecule has 0 amide bonds. The maximum Gasteiger partial charge on any atom is 0.0548 e. The maximum absolute atomic E-state index is 6.00. The summed E-state index contributed by atoms with van der Waals surface area (Å²) in [6.45, 7) is 3.01. The van der Waals surface area contributed by atoms with Gasteiger partial charge in [-0.1, -0.05) is 24.6 Å². The molecule has 2 unspecified atom stereocenters. The van der Waals surface area contributed by atoms with E-state index in [1.54, 1.807) is 7.11 Å². The number of methoxy groups -OCH3 is 1. The zero-order valence-corrected chi connectivity index (χ0v) is 12.8. The molecule has 1 rings (SSSR count). The molecule has 17 heavy (non-hydrogen) atoms. The normalized spacial score (nSPS) is 14.6. The largest absolute Gasteiger partial charge is 0.385 e. The molecule has 2 atom stereocenters. The van der Waals surface area contributed by atoms with Crippen LogP contribution in [0.15, 0.2) is 22.7 Å². The predicted octanol–water partition coefficient (Wildman–Crippen LogP) is 4.04. The summed E-state index contributed by atoms with van der Waals surface area (Å²) in [7, 11) is 3.72. The van der Waals surface area contributed by atoms with Gasteiger partial charge in [0.1, 0.15) is 0 Å². The Kier molecular flexibility index (Phi) is 6.49. The molecular weight excluding hydrogens is 302 g/mol. The Hall–Kier alpha value is -0.0900. The van der Waals surface area contributed by atoms with Crippen LogP contribution in [0.2, 0.25) is 5.02 Å². The highest BCUT2D eigenvalue weighted by Gasteiger charge is 2.17. The SMILES string of the molecule is CNC(c1ccc(Cl)c(Br)c1)C(C)CCOC. The van der Waals surface area contributed by atoms with Gasteiger partial charge in [0.05, 0.1) is 5.02 Å². The summed E-state index contributed by atoms with van der Waals surface area (Å²) in [6.07, 6.45) is 1.03. The first-order valence-electron chi connectivity index (χ1n) is 5.71. The Morgan fingerprint density at radius 1 is 1.47 bits per heavy atom. The summed E-state index contributed by atoms with van der Waals surface area (Å²) < 4.78 is 6.07. The number of halogens is 2. The van der Waals surface area contributed by atoms with Crippen molar-refractivity contribution in [1.82, 2.24) is 5.32 Å². The molecule has 0 aliphatic rings. The molecule has 0 radical (unpaired) electrons. The minimum Gasteiger partial charge on any atom is -0.385 e. The average molecular weight is 321 g/mol. The van der Waals surface area contributed by atoms with Gasteiger partial charge in [0.15, 0.2) is 0 Å². The summed E-state index contributed by atoms with van der Waals surface area (Å²) in [4.78, 5) is 0. The van der Waals surface area contributed by atoms with Crippen LogP contribution in [0.5, 0.6) is 0 Å². The van der Waals surface area contributed by atoms with Gasteiger partial charge in [-0.3, -0.25) is 0 Å². The summed E-state index contributed by atoms with van der Waals surface area (Å²) in [6, 6.07) is 6.39. The number of rotatable bonds is 6. The zero-order valence-electron chi connectivity index (χ0n) is 10.5. The molecule has 0 aliphatic carbocycles. The highest BCUT2D eigenvalue weighted by molar-refractivity contribution is 9.10. The van der Waals surface area contributed by atoms with Gasteiger partial charge in [-0.25, -0.2) is 0 Å². The molecule has 0 saturated carbocycles. The minimum atomic E-state index is 0.318. The average Bonchev–Trinajstić information content (AvgIpc) is 2.32. The van der Waals surface area contributed by atoms with Gasteiger partial charge in [-0.2, -0.15) is 0 Å². The molecule has 4 heteroatoms. The van der Waals surface area contributed by atoms with Crippen LogP contribution in [0, 0.1) is 5.92 Å². The predicted molar refractivity (Wildman–Crippen MR) is 76.6 cm³/mol. The van der Waals surface area contributed by atoms with Crippen LogP contribution >= 0.6 is 27.5 Å². The summed E-state index contributed by atoms with van der Waals surface area (Å²) >= 11 is 9.47. The Bertz CT molecular complexity index is 359. The first-order chi connectivity index (χ1) is 8.10. The lowest BCUT2D eigenvalue weighted by molar-refractivity contribution is 0.171. The molecule has 1 aromatic rings. The van der Waals surface area contributed by atoms with Crippen LogP contribution in [-0.2, 0) is 4.74 Å². The van der Waals surface area contributed by atoms with Crippen molar-refractivity contribution in [2.24, 2.45) is 5.92 Å². The van der Waals surface area contributed by atoms with Crippen molar-refractivity contribution in [3.63, 3.8) is 0 Å². The number of ether oxygens (including phenoxy) is 1. The summed E-state index contributed by atoms with van der Waals surface area (Å²) in [5.74, 6) is 0.507. The fraction of sp³-hybridized carbons (Fsp3) is 0.538. The number of hydrogen-bond donors (Lipinski definition) is 1. The number of benzene rings is 1. The van der Waals surface area contributed by atoms with E-state index >= 15 is 0 Å². The van der Waals surface area contributed by atoms with Gasteiger partial charge in [-0.15, -0.1) is 0 Å². The van der Waals surface area contributed by atoms with Crippen molar-refractivity contribution in [2.45, 2.75) is 19.4 Å². The second kappa shape index (κ2) is 7.37. The highest BCUT2D eigenvalue weighted by atomic mass is 79.9. The molecule has 96 valence electrons. The van der Waals surface area contributed by atoms with E-state index in [9.17, 15) is 0 Å². The Morgan fingerprint density at radius 2 is 2.18 bits per heavy atom. The molecule has 0 spiro atoms. The fourth-order valence-corrected chi connectivity index (χ4v) is 2.47. The van der Waals surface area contributed by atoms with Crippen LogP contribution in [0.4, 0.5) is 0 Å². The van der Waals surface area contributed by atoms with Crippen LogP contribution in [0.25, 0.3) is 0 Å². The summed E-state index contributed by atoms with van der Waals surface area (Å²) in [5, 5.41) is 4.10. The third-order valence-corrected chi connectivity index (χ3v) is 4.17. The van der Waals surface area contributed by atoms with Gasteiger partial charge in [0.2, 0.25) is 0 Å². The van der Waals surface area contributed by atoms with E-state index in [1.165, 1.54) is 5.56 Å². The van der Waals surface area contributed by atoms with E-state index in [2.05, 4.69) is 40.3 Å². The molecule has 0 aromatic heterocycles. The van der Waals surface area contributed by atoms with Crippen molar-refractivity contribution in [1.29, 1.82) is 0 Å². The lowest BCUT2D eigenvalue weighted by atomic mass is 9.92. The van der Waals surface area contributed by atoms with Crippen LogP contribution in [-0.4, -0.2) is 20.8 Å². The van der Waals surface area contributed by atoms with Crippen LogP contribution < -0.4 is 5.32 Å².